The average molecular weight is 360 g/mol. The van der Waals surface area contributed by atoms with Crippen molar-refractivity contribution in [2.75, 3.05) is 6.54 Å². The molecule has 0 unspecified atom stereocenters. The van der Waals surface area contributed by atoms with E-state index in [4.69, 9.17) is 4.42 Å². The van der Waals surface area contributed by atoms with Crippen molar-refractivity contribution in [3.05, 3.63) is 65.4 Å². The Balaban J connectivity index is 2.11. The second-order valence-corrected chi connectivity index (χ2v) is 7.23. The summed E-state index contributed by atoms with van der Waals surface area (Å²) >= 11 is 0. The lowest BCUT2D eigenvalue weighted by Crippen LogP contribution is -2.41. The maximum absolute atomic E-state index is 12.8. The molecule has 0 bridgehead atoms. The van der Waals surface area contributed by atoms with Crippen LogP contribution in [-0.2, 0) is 10.0 Å². The molecule has 3 rings (SSSR count). The van der Waals surface area contributed by atoms with Gasteiger partial charge in [0.05, 0.1) is 11.2 Å². The normalized spacial score (nSPS) is 17.8. The number of Topliss-reactive ketones (excluding diaryl/α,β-unsaturated/α-hetero) is 1. The number of benzene rings is 1. The number of furan rings is 1. The van der Waals surface area contributed by atoms with Crippen molar-refractivity contribution >= 4 is 21.7 Å². The summed E-state index contributed by atoms with van der Waals surface area (Å²) < 4.78 is 31.7. The SMILES string of the molecule is CCN1/C(=C(/C)NC(=O)c2ccco2)C(=O)c2ccccc2S1(=O)=O. The minimum atomic E-state index is -3.87. The van der Waals surface area contributed by atoms with Gasteiger partial charge in [-0.2, -0.15) is 0 Å². The minimum Gasteiger partial charge on any atom is -0.459 e. The fraction of sp³-hybridized carbons (Fsp3) is 0.176. The molecule has 1 aromatic heterocycles. The highest BCUT2D eigenvalue weighted by molar-refractivity contribution is 7.89. The summed E-state index contributed by atoms with van der Waals surface area (Å²) in [6.45, 7) is 3.17. The molecule has 25 heavy (non-hydrogen) atoms. The summed E-state index contributed by atoms with van der Waals surface area (Å²) in [5, 5.41) is 2.54. The van der Waals surface area contributed by atoms with E-state index in [0.717, 1.165) is 4.31 Å². The van der Waals surface area contributed by atoms with Gasteiger partial charge < -0.3 is 9.73 Å². The first-order valence-electron chi connectivity index (χ1n) is 7.60. The Labute approximate surface area is 145 Å². The van der Waals surface area contributed by atoms with Gasteiger partial charge in [0.2, 0.25) is 5.78 Å². The Bertz CT molecular complexity index is 974. The zero-order chi connectivity index (χ0) is 18.2. The van der Waals surface area contributed by atoms with E-state index in [9.17, 15) is 18.0 Å². The second kappa shape index (κ2) is 6.21. The zero-order valence-electron chi connectivity index (χ0n) is 13.6. The number of ketones is 1. The van der Waals surface area contributed by atoms with Gasteiger partial charge in [-0.3, -0.25) is 13.9 Å². The van der Waals surface area contributed by atoms with Gasteiger partial charge in [0, 0.05) is 17.8 Å². The lowest BCUT2D eigenvalue weighted by Gasteiger charge is -2.31. The summed E-state index contributed by atoms with van der Waals surface area (Å²) in [5.41, 5.74) is 0.168. The first-order chi connectivity index (χ1) is 11.9. The number of carbonyl (C=O) groups excluding carboxylic acids is 2. The highest BCUT2D eigenvalue weighted by Crippen LogP contribution is 2.32. The average Bonchev–Trinajstić information content (AvgIpc) is 3.12. The van der Waals surface area contributed by atoms with Crippen LogP contribution in [-0.4, -0.2) is 31.0 Å². The van der Waals surface area contributed by atoms with E-state index in [1.165, 1.54) is 31.4 Å². The van der Waals surface area contributed by atoms with Crippen LogP contribution in [0.15, 0.2) is 63.4 Å². The molecule has 0 spiro atoms. The first kappa shape index (κ1) is 17.0. The van der Waals surface area contributed by atoms with Crippen LogP contribution >= 0.6 is 0 Å². The van der Waals surface area contributed by atoms with E-state index >= 15 is 0 Å². The summed E-state index contributed by atoms with van der Waals surface area (Å²) in [5.74, 6) is -0.950. The van der Waals surface area contributed by atoms with Crippen molar-refractivity contribution < 1.29 is 22.4 Å². The van der Waals surface area contributed by atoms with Crippen LogP contribution in [0.3, 0.4) is 0 Å². The summed E-state index contributed by atoms with van der Waals surface area (Å²) in [7, 11) is -3.87. The predicted molar refractivity (Wildman–Crippen MR) is 89.2 cm³/mol. The van der Waals surface area contributed by atoms with Gasteiger partial charge in [0.1, 0.15) is 5.70 Å². The van der Waals surface area contributed by atoms with Crippen LogP contribution < -0.4 is 5.32 Å². The number of nitrogens with zero attached hydrogens (tertiary/aromatic N) is 1. The number of carbonyl (C=O) groups is 2. The molecule has 0 saturated heterocycles. The zero-order valence-corrected chi connectivity index (χ0v) is 14.5. The van der Waals surface area contributed by atoms with E-state index in [1.807, 2.05) is 0 Å². The van der Waals surface area contributed by atoms with Gasteiger partial charge in [-0.15, -0.1) is 0 Å². The van der Waals surface area contributed by atoms with E-state index in [-0.39, 0.29) is 34.2 Å². The Hall–Kier alpha value is -2.87. The molecule has 1 aliphatic rings. The number of likely N-dealkylation sites (N-methyl/N-ethyl adjacent to an activating group) is 1. The van der Waals surface area contributed by atoms with Crippen molar-refractivity contribution in [1.29, 1.82) is 0 Å². The van der Waals surface area contributed by atoms with Crippen LogP contribution in [0.2, 0.25) is 0 Å². The van der Waals surface area contributed by atoms with Gasteiger partial charge >= 0.3 is 0 Å². The maximum atomic E-state index is 12.8. The molecule has 1 N–H and O–H groups in total. The standard InChI is InChI=1S/C17H16N2O5S/c1-3-19-15(11(2)18-17(21)13-8-6-10-24-13)16(20)12-7-4-5-9-14(12)25(19,22)23/h4-10H,3H2,1-2H3,(H,18,21)/b15-11-. The lowest BCUT2D eigenvalue weighted by molar-refractivity contribution is 0.0936. The van der Waals surface area contributed by atoms with Gasteiger partial charge in [-0.1, -0.05) is 12.1 Å². The highest BCUT2D eigenvalue weighted by Gasteiger charge is 2.39. The molecule has 0 radical (unpaired) electrons. The number of hydrogen-bond acceptors (Lipinski definition) is 5. The second-order valence-electron chi connectivity index (χ2n) is 5.40. The molecule has 1 aliphatic heterocycles. The monoisotopic (exact) mass is 360 g/mol. The van der Waals surface area contributed by atoms with Gasteiger partial charge in [-0.05, 0) is 38.1 Å². The van der Waals surface area contributed by atoms with E-state index in [1.54, 1.807) is 25.1 Å². The van der Waals surface area contributed by atoms with E-state index < -0.39 is 21.7 Å². The van der Waals surface area contributed by atoms with E-state index in [2.05, 4.69) is 5.32 Å². The van der Waals surface area contributed by atoms with Crippen LogP contribution in [0, 0.1) is 0 Å². The van der Waals surface area contributed by atoms with Crippen LogP contribution in [0.1, 0.15) is 34.8 Å². The number of sulfonamides is 1. The highest BCUT2D eigenvalue weighted by atomic mass is 32.2. The fourth-order valence-corrected chi connectivity index (χ4v) is 4.47. The first-order valence-corrected chi connectivity index (χ1v) is 9.04. The summed E-state index contributed by atoms with van der Waals surface area (Å²) in [4.78, 5) is 25.0. The molecule has 1 aromatic carbocycles. The molecule has 1 amide bonds. The third kappa shape index (κ3) is 2.74. The summed E-state index contributed by atoms with van der Waals surface area (Å²) in [6.07, 6.45) is 1.35. The third-order valence-electron chi connectivity index (χ3n) is 3.85. The topological polar surface area (TPSA) is 96.7 Å². The van der Waals surface area contributed by atoms with E-state index in [0.29, 0.717) is 0 Å². The summed E-state index contributed by atoms with van der Waals surface area (Å²) in [6, 6.07) is 9.06. The number of fused-ring (bicyclic) bond motifs is 1. The van der Waals surface area contributed by atoms with Crippen LogP contribution in [0.5, 0.6) is 0 Å². The van der Waals surface area contributed by atoms with Crippen molar-refractivity contribution in [2.45, 2.75) is 18.7 Å². The molecule has 0 saturated carbocycles. The van der Waals surface area contributed by atoms with Gasteiger partial charge in [0.15, 0.2) is 5.76 Å². The molecule has 130 valence electrons. The van der Waals surface area contributed by atoms with Crippen molar-refractivity contribution in [3.63, 3.8) is 0 Å². The Morgan fingerprint density at radius 3 is 2.56 bits per heavy atom. The Kier molecular flexibility index (Phi) is 4.22. The quantitative estimate of drug-likeness (QED) is 0.846. The maximum Gasteiger partial charge on any atom is 0.291 e. The Morgan fingerprint density at radius 2 is 1.92 bits per heavy atom. The van der Waals surface area contributed by atoms with Crippen molar-refractivity contribution in [1.82, 2.24) is 9.62 Å². The van der Waals surface area contributed by atoms with Gasteiger partial charge in [0.25, 0.3) is 15.9 Å². The molecule has 2 aromatic rings. The molecule has 0 atom stereocenters. The third-order valence-corrected chi connectivity index (χ3v) is 5.79. The largest absolute Gasteiger partial charge is 0.459 e. The minimum absolute atomic E-state index is 0.0317. The van der Waals surface area contributed by atoms with Crippen LogP contribution in [0.25, 0.3) is 0 Å². The van der Waals surface area contributed by atoms with Gasteiger partial charge in [-0.25, -0.2) is 8.42 Å². The molecular formula is C17H16N2O5S. The van der Waals surface area contributed by atoms with Crippen LogP contribution in [0.4, 0.5) is 0 Å². The predicted octanol–water partition coefficient (Wildman–Crippen LogP) is 2.15. The number of nitrogens with one attached hydrogen (secondary N) is 1. The molecule has 8 heteroatoms. The molecule has 0 fully saturated rings. The number of rotatable bonds is 3. The van der Waals surface area contributed by atoms with Crippen molar-refractivity contribution in [2.24, 2.45) is 0 Å². The lowest BCUT2D eigenvalue weighted by atomic mass is 10.1. The molecule has 7 nitrogen and oxygen atoms in total. The Morgan fingerprint density at radius 1 is 1.20 bits per heavy atom. The molecular weight excluding hydrogens is 344 g/mol. The van der Waals surface area contributed by atoms with Crippen molar-refractivity contribution in [3.8, 4) is 0 Å². The fourth-order valence-electron chi connectivity index (χ4n) is 2.74. The number of amides is 1. The number of allylic oxidation sites excluding steroid dienone is 2. The molecule has 0 aliphatic carbocycles. The molecule has 2 heterocycles. The smallest absolute Gasteiger partial charge is 0.291 e. The number of hydrogen-bond donors (Lipinski definition) is 1.